The van der Waals surface area contributed by atoms with E-state index in [1.165, 1.54) is 12.8 Å². The van der Waals surface area contributed by atoms with Crippen molar-refractivity contribution in [3.05, 3.63) is 0 Å². The number of hydrogen-bond acceptors (Lipinski definition) is 3. The van der Waals surface area contributed by atoms with Crippen LogP contribution in [0.5, 0.6) is 0 Å². The highest BCUT2D eigenvalue weighted by atomic mass is 16.6. The topological polar surface area (TPSA) is 38.7 Å². The first-order valence-electron chi connectivity index (χ1n) is 6.75. The van der Waals surface area contributed by atoms with Gasteiger partial charge in [0.25, 0.3) is 0 Å². The van der Waals surface area contributed by atoms with Crippen molar-refractivity contribution in [2.45, 2.75) is 62.4 Å². The molecular weight excluding hydrogens is 204 g/mol. The Morgan fingerprint density at radius 1 is 1.25 bits per heavy atom. The van der Waals surface area contributed by atoms with Crippen LogP contribution in [0.4, 0.5) is 0 Å². The summed E-state index contributed by atoms with van der Waals surface area (Å²) in [6.45, 7) is 0.252. The van der Waals surface area contributed by atoms with Gasteiger partial charge in [0.05, 0.1) is 23.9 Å². The molecule has 2 heterocycles. The van der Waals surface area contributed by atoms with E-state index in [2.05, 4.69) is 0 Å². The van der Waals surface area contributed by atoms with Crippen molar-refractivity contribution in [3.8, 4) is 0 Å². The lowest BCUT2D eigenvalue weighted by atomic mass is 9.78. The Morgan fingerprint density at radius 3 is 3.06 bits per heavy atom. The van der Waals surface area contributed by atoms with Crippen molar-refractivity contribution >= 4 is 0 Å². The van der Waals surface area contributed by atoms with Crippen LogP contribution in [0.15, 0.2) is 0 Å². The molecule has 6 atom stereocenters. The van der Waals surface area contributed by atoms with Crippen molar-refractivity contribution in [2.75, 3.05) is 6.61 Å². The van der Waals surface area contributed by atoms with E-state index in [1.807, 2.05) is 0 Å². The normalized spacial score (nSPS) is 57.9. The fourth-order valence-electron chi connectivity index (χ4n) is 4.31. The van der Waals surface area contributed by atoms with Gasteiger partial charge in [-0.3, -0.25) is 0 Å². The monoisotopic (exact) mass is 224 g/mol. The Balaban J connectivity index is 1.56. The van der Waals surface area contributed by atoms with E-state index in [9.17, 15) is 0 Å². The molecule has 2 saturated heterocycles. The summed E-state index contributed by atoms with van der Waals surface area (Å²) in [5.41, 5.74) is 0.0421. The smallest absolute Gasteiger partial charge is 0.0974 e. The summed E-state index contributed by atoms with van der Waals surface area (Å²) in [6.07, 6.45) is 7.85. The van der Waals surface area contributed by atoms with Crippen LogP contribution < -0.4 is 0 Å². The van der Waals surface area contributed by atoms with Crippen molar-refractivity contribution in [1.29, 1.82) is 0 Å². The molecule has 4 rings (SSSR count). The maximum atomic E-state index is 9.03. The van der Waals surface area contributed by atoms with Gasteiger partial charge in [0, 0.05) is 13.0 Å². The maximum Gasteiger partial charge on any atom is 0.0974 e. The van der Waals surface area contributed by atoms with Gasteiger partial charge in [-0.1, -0.05) is 0 Å². The van der Waals surface area contributed by atoms with Crippen LogP contribution in [-0.4, -0.2) is 35.6 Å². The summed E-state index contributed by atoms with van der Waals surface area (Å²) in [6, 6.07) is 0. The first kappa shape index (κ1) is 9.86. The minimum Gasteiger partial charge on any atom is -0.396 e. The van der Waals surface area contributed by atoms with Crippen LogP contribution in [0.1, 0.15) is 38.5 Å². The summed E-state index contributed by atoms with van der Waals surface area (Å²) >= 11 is 0. The minimum atomic E-state index is 0.0421. The van der Waals surface area contributed by atoms with E-state index in [0.29, 0.717) is 12.2 Å². The lowest BCUT2D eigenvalue weighted by molar-refractivity contribution is -0.171. The second kappa shape index (κ2) is 3.21. The second-order valence-corrected chi connectivity index (χ2v) is 6.13. The fourth-order valence-corrected chi connectivity index (χ4v) is 4.31. The maximum absolute atomic E-state index is 9.03. The Hall–Kier alpha value is -0.120. The first-order chi connectivity index (χ1) is 7.81. The van der Waals surface area contributed by atoms with Crippen LogP contribution in [0.3, 0.4) is 0 Å². The van der Waals surface area contributed by atoms with Crippen LogP contribution in [-0.2, 0) is 9.47 Å². The molecular formula is C13H20O3. The van der Waals surface area contributed by atoms with Crippen molar-refractivity contribution in [2.24, 2.45) is 11.8 Å². The zero-order valence-corrected chi connectivity index (χ0v) is 9.60. The van der Waals surface area contributed by atoms with Crippen LogP contribution in [0, 0.1) is 11.8 Å². The zero-order chi connectivity index (χ0) is 10.8. The Morgan fingerprint density at radius 2 is 2.19 bits per heavy atom. The zero-order valence-electron chi connectivity index (χ0n) is 9.60. The van der Waals surface area contributed by atoms with E-state index in [1.54, 1.807) is 0 Å². The molecule has 4 aliphatic rings. The van der Waals surface area contributed by atoms with Crippen LogP contribution >= 0.6 is 0 Å². The van der Waals surface area contributed by atoms with E-state index in [-0.39, 0.29) is 18.3 Å². The molecule has 1 unspecified atom stereocenters. The van der Waals surface area contributed by atoms with Gasteiger partial charge in [0.2, 0.25) is 0 Å². The van der Waals surface area contributed by atoms with Crippen molar-refractivity contribution < 1.29 is 14.6 Å². The number of aliphatic hydroxyl groups is 1. The molecule has 2 aliphatic carbocycles. The van der Waals surface area contributed by atoms with E-state index in [4.69, 9.17) is 14.6 Å². The molecule has 90 valence electrons. The van der Waals surface area contributed by atoms with Crippen LogP contribution in [0.25, 0.3) is 0 Å². The Kier molecular flexibility index (Phi) is 1.98. The van der Waals surface area contributed by atoms with Gasteiger partial charge in [-0.15, -0.1) is 0 Å². The standard InChI is InChI=1S/C13H20O3/c14-4-3-9-1-2-12-13(16-9)6-8-5-10(8)11(7-13)15-12/h8-12,14H,1-7H2/t8-,9-,10-,11?,12+,13+/m1/s1. The SMILES string of the molecule is OCC[C@H]1CC[C@@H]2OC3C[C@]2(C[C@H]2C[C@@H]32)O1. The molecule has 2 saturated carbocycles. The Labute approximate surface area is 96.1 Å². The first-order valence-corrected chi connectivity index (χ1v) is 6.75. The third-order valence-corrected chi connectivity index (χ3v) is 5.14. The predicted molar refractivity (Wildman–Crippen MR) is 58.0 cm³/mol. The third kappa shape index (κ3) is 1.25. The van der Waals surface area contributed by atoms with Gasteiger partial charge in [0.15, 0.2) is 0 Å². The van der Waals surface area contributed by atoms with Gasteiger partial charge in [-0.25, -0.2) is 0 Å². The molecule has 0 aromatic rings. The summed E-state index contributed by atoms with van der Waals surface area (Å²) in [5, 5.41) is 9.03. The highest BCUT2D eigenvalue weighted by molar-refractivity contribution is 5.13. The highest BCUT2D eigenvalue weighted by Gasteiger charge is 2.64. The molecule has 0 aromatic heterocycles. The summed E-state index contributed by atoms with van der Waals surface area (Å²) in [5.74, 6) is 1.74. The van der Waals surface area contributed by atoms with E-state index in [0.717, 1.165) is 37.5 Å². The fraction of sp³-hybridized carbons (Fsp3) is 1.00. The molecule has 0 radical (unpaired) electrons. The van der Waals surface area contributed by atoms with Crippen molar-refractivity contribution in [1.82, 2.24) is 0 Å². The average molecular weight is 224 g/mol. The number of rotatable bonds is 2. The molecule has 16 heavy (non-hydrogen) atoms. The van der Waals surface area contributed by atoms with Gasteiger partial charge >= 0.3 is 0 Å². The number of ether oxygens (including phenoxy) is 2. The van der Waals surface area contributed by atoms with Gasteiger partial charge in [-0.2, -0.15) is 0 Å². The summed E-state index contributed by atoms with van der Waals surface area (Å²) < 4.78 is 12.5. The van der Waals surface area contributed by atoms with E-state index >= 15 is 0 Å². The molecule has 0 aromatic carbocycles. The predicted octanol–water partition coefficient (Wildman–Crippen LogP) is 1.48. The van der Waals surface area contributed by atoms with Gasteiger partial charge in [-0.05, 0) is 43.9 Å². The molecule has 2 bridgehead atoms. The molecule has 1 N–H and O–H groups in total. The third-order valence-electron chi connectivity index (χ3n) is 5.14. The lowest BCUT2D eigenvalue weighted by Gasteiger charge is -2.42. The molecule has 4 fully saturated rings. The Bertz CT molecular complexity index is 302. The van der Waals surface area contributed by atoms with Gasteiger partial charge in [0.1, 0.15) is 0 Å². The largest absolute Gasteiger partial charge is 0.396 e. The summed E-state index contributed by atoms with van der Waals surface area (Å²) in [7, 11) is 0. The number of hydrogen-bond donors (Lipinski definition) is 1. The molecule has 2 aliphatic heterocycles. The molecule has 3 nitrogen and oxygen atoms in total. The number of aliphatic hydroxyl groups excluding tert-OH is 1. The second-order valence-electron chi connectivity index (χ2n) is 6.13. The minimum absolute atomic E-state index is 0.0421. The molecule has 3 heteroatoms. The lowest BCUT2D eigenvalue weighted by Crippen LogP contribution is -2.49. The molecule has 1 spiro atoms. The van der Waals surface area contributed by atoms with E-state index < -0.39 is 0 Å². The highest BCUT2D eigenvalue weighted by Crippen LogP contribution is 2.62. The number of fused-ring (bicyclic) bond motifs is 3. The van der Waals surface area contributed by atoms with Crippen molar-refractivity contribution in [3.63, 3.8) is 0 Å². The quantitative estimate of drug-likeness (QED) is 0.772. The average Bonchev–Trinajstić information content (AvgIpc) is 2.94. The molecule has 0 amide bonds. The van der Waals surface area contributed by atoms with Gasteiger partial charge < -0.3 is 14.6 Å². The summed E-state index contributed by atoms with van der Waals surface area (Å²) in [4.78, 5) is 0. The van der Waals surface area contributed by atoms with Crippen LogP contribution in [0.2, 0.25) is 0 Å².